The van der Waals surface area contributed by atoms with E-state index < -0.39 is 10.0 Å². The van der Waals surface area contributed by atoms with Gasteiger partial charge in [-0.3, -0.25) is 4.31 Å². The summed E-state index contributed by atoms with van der Waals surface area (Å²) in [6.07, 6.45) is 1.08. The van der Waals surface area contributed by atoms with Crippen LogP contribution in [0.2, 0.25) is 0 Å². The number of nitrogens with zero attached hydrogens (tertiary/aromatic N) is 2. The summed E-state index contributed by atoms with van der Waals surface area (Å²) in [5.74, 6) is 1.39. The van der Waals surface area contributed by atoms with E-state index in [1.165, 1.54) is 0 Å². The Morgan fingerprint density at radius 1 is 1.15 bits per heavy atom. The molecule has 4 rings (SSSR count). The fourth-order valence-electron chi connectivity index (χ4n) is 4.26. The lowest BCUT2D eigenvalue weighted by atomic mass is 9.87. The van der Waals surface area contributed by atoms with Crippen molar-refractivity contribution >= 4 is 31.6 Å². The Kier molecular flexibility index (Phi) is 4.94. The van der Waals surface area contributed by atoms with Crippen LogP contribution in [-0.4, -0.2) is 47.1 Å². The third-order valence-corrected chi connectivity index (χ3v) is 8.46. The molecule has 1 saturated heterocycles. The highest BCUT2D eigenvalue weighted by atomic mass is 79.9. The molecule has 2 atom stereocenters. The number of benzene rings is 2. The topological polar surface area (TPSA) is 49.9 Å². The zero-order valence-corrected chi connectivity index (χ0v) is 17.8. The third-order valence-electron chi connectivity index (χ3n) is 5.67. The molecule has 0 N–H and O–H groups in total. The Bertz CT molecular complexity index is 963. The predicted octanol–water partition coefficient (Wildman–Crippen LogP) is 3.70. The first-order valence-electron chi connectivity index (χ1n) is 9.05. The quantitative estimate of drug-likeness (QED) is 0.712. The van der Waals surface area contributed by atoms with Crippen molar-refractivity contribution in [2.24, 2.45) is 5.92 Å². The zero-order valence-electron chi connectivity index (χ0n) is 15.4. The fraction of sp³-hybridized carbons (Fsp3) is 0.400. The lowest BCUT2D eigenvalue weighted by Crippen LogP contribution is -2.32. The molecule has 5 nitrogen and oxygen atoms in total. The van der Waals surface area contributed by atoms with E-state index in [1.807, 2.05) is 24.3 Å². The average Bonchev–Trinajstić information content (AvgIpc) is 3.25. The van der Waals surface area contributed by atoms with Crippen LogP contribution in [0, 0.1) is 5.92 Å². The Labute approximate surface area is 169 Å². The standard InChI is InChI=1S/C20H23BrN2O3S/c1-22-10-9-14(12-22)17-13-23(19-8-7-15(26-2)11-16(17)19)27(24,25)20-6-4-3-5-18(20)21/h3-8,11,14,17H,9-10,12-13H2,1-2H3. The summed E-state index contributed by atoms with van der Waals surface area (Å²) in [5.41, 5.74) is 1.84. The highest BCUT2D eigenvalue weighted by Gasteiger charge is 2.42. The summed E-state index contributed by atoms with van der Waals surface area (Å²) in [6.45, 7) is 2.52. The Morgan fingerprint density at radius 3 is 2.59 bits per heavy atom. The van der Waals surface area contributed by atoms with Gasteiger partial charge in [0, 0.05) is 23.5 Å². The van der Waals surface area contributed by atoms with E-state index in [4.69, 9.17) is 4.74 Å². The van der Waals surface area contributed by atoms with Crippen LogP contribution in [0.1, 0.15) is 17.9 Å². The van der Waals surface area contributed by atoms with E-state index in [9.17, 15) is 8.42 Å². The van der Waals surface area contributed by atoms with Crippen molar-refractivity contribution in [3.63, 3.8) is 0 Å². The van der Waals surface area contributed by atoms with Crippen molar-refractivity contribution in [3.8, 4) is 5.75 Å². The predicted molar refractivity (Wildman–Crippen MR) is 110 cm³/mol. The molecule has 2 heterocycles. The largest absolute Gasteiger partial charge is 0.497 e. The number of sulfonamides is 1. The van der Waals surface area contributed by atoms with Crippen molar-refractivity contribution in [2.75, 3.05) is 38.1 Å². The van der Waals surface area contributed by atoms with E-state index in [1.54, 1.807) is 29.6 Å². The van der Waals surface area contributed by atoms with Crippen molar-refractivity contribution in [2.45, 2.75) is 17.2 Å². The molecule has 2 aliphatic rings. The molecule has 0 bridgehead atoms. The molecule has 27 heavy (non-hydrogen) atoms. The summed E-state index contributed by atoms with van der Waals surface area (Å²) in [5, 5.41) is 0. The smallest absolute Gasteiger partial charge is 0.265 e. The van der Waals surface area contributed by atoms with Gasteiger partial charge in [-0.05, 0) is 77.8 Å². The van der Waals surface area contributed by atoms with Crippen LogP contribution >= 0.6 is 15.9 Å². The molecule has 0 aliphatic carbocycles. The van der Waals surface area contributed by atoms with E-state index >= 15 is 0 Å². The van der Waals surface area contributed by atoms with Crippen molar-refractivity contribution in [1.29, 1.82) is 0 Å². The number of hydrogen-bond acceptors (Lipinski definition) is 4. The Hall–Kier alpha value is -1.57. The van der Waals surface area contributed by atoms with Gasteiger partial charge in [-0.1, -0.05) is 12.1 Å². The lowest BCUT2D eigenvalue weighted by Gasteiger charge is -2.22. The SMILES string of the molecule is COc1ccc2c(c1)C(C1CCN(C)C1)CN2S(=O)(=O)c1ccccc1Br. The molecule has 2 aliphatic heterocycles. The molecule has 144 valence electrons. The summed E-state index contributed by atoms with van der Waals surface area (Å²) < 4.78 is 34.5. The van der Waals surface area contributed by atoms with E-state index in [2.05, 4.69) is 27.9 Å². The van der Waals surface area contributed by atoms with Crippen LogP contribution in [0.15, 0.2) is 51.8 Å². The number of halogens is 1. The molecule has 2 aromatic rings. The molecule has 0 aromatic heterocycles. The monoisotopic (exact) mass is 450 g/mol. The van der Waals surface area contributed by atoms with E-state index in [-0.39, 0.29) is 5.92 Å². The Balaban J connectivity index is 1.79. The first kappa shape index (κ1) is 18.8. The van der Waals surface area contributed by atoms with E-state index in [0.717, 1.165) is 36.5 Å². The average molecular weight is 451 g/mol. The number of anilines is 1. The van der Waals surface area contributed by atoms with Gasteiger partial charge in [-0.25, -0.2) is 8.42 Å². The second-order valence-corrected chi connectivity index (χ2v) is 9.99. The van der Waals surface area contributed by atoms with Gasteiger partial charge in [0.15, 0.2) is 0 Å². The normalized spacial score (nSPS) is 22.9. The zero-order chi connectivity index (χ0) is 19.2. The van der Waals surface area contributed by atoms with Gasteiger partial charge < -0.3 is 9.64 Å². The first-order chi connectivity index (χ1) is 12.9. The number of ether oxygens (including phenoxy) is 1. The summed E-state index contributed by atoms with van der Waals surface area (Å²) in [6, 6.07) is 12.7. The van der Waals surface area contributed by atoms with Crippen LogP contribution in [0.5, 0.6) is 5.75 Å². The highest BCUT2D eigenvalue weighted by molar-refractivity contribution is 9.10. The molecule has 0 amide bonds. The maximum Gasteiger partial charge on any atom is 0.265 e. The van der Waals surface area contributed by atoms with Gasteiger partial charge in [0.2, 0.25) is 0 Å². The molecular formula is C20H23BrN2O3S. The van der Waals surface area contributed by atoms with E-state index in [0.29, 0.717) is 21.8 Å². The van der Waals surface area contributed by atoms with Crippen molar-refractivity contribution in [1.82, 2.24) is 4.90 Å². The van der Waals surface area contributed by atoms with Gasteiger partial charge in [0.05, 0.1) is 12.8 Å². The summed E-state index contributed by atoms with van der Waals surface area (Å²) in [4.78, 5) is 2.62. The minimum Gasteiger partial charge on any atom is -0.497 e. The lowest BCUT2D eigenvalue weighted by molar-refractivity contribution is 0.375. The van der Waals surface area contributed by atoms with Crippen LogP contribution in [-0.2, 0) is 10.0 Å². The first-order valence-corrected chi connectivity index (χ1v) is 11.3. The van der Waals surface area contributed by atoms with Crippen LogP contribution in [0.4, 0.5) is 5.69 Å². The Morgan fingerprint density at radius 2 is 1.93 bits per heavy atom. The third kappa shape index (κ3) is 3.26. The minimum absolute atomic E-state index is 0.178. The second kappa shape index (κ2) is 7.11. The molecule has 7 heteroatoms. The van der Waals surface area contributed by atoms with Crippen LogP contribution in [0.3, 0.4) is 0 Å². The van der Waals surface area contributed by atoms with Crippen molar-refractivity contribution < 1.29 is 13.2 Å². The molecule has 0 saturated carbocycles. The molecule has 0 radical (unpaired) electrons. The summed E-state index contributed by atoms with van der Waals surface area (Å²) in [7, 11) is 0.119. The molecule has 1 fully saturated rings. The van der Waals surface area contributed by atoms with Crippen LogP contribution < -0.4 is 9.04 Å². The van der Waals surface area contributed by atoms with Gasteiger partial charge in [-0.2, -0.15) is 0 Å². The maximum atomic E-state index is 13.5. The maximum absolute atomic E-state index is 13.5. The van der Waals surface area contributed by atoms with Gasteiger partial charge in [0.25, 0.3) is 10.0 Å². The molecule has 2 unspecified atom stereocenters. The molecular weight excluding hydrogens is 428 g/mol. The number of fused-ring (bicyclic) bond motifs is 1. The number of methoxy groups -OCH3 is 1. The second-order valence-electron chi connectivity index (χ2n) is 7.31. The van der Waals surface area contributed by atoms with Crippen LogP contribution in [0.25, 0.3) is 0 Å². The number of hydrogen-bond donors (Lipinski definition) is 0. The van der Waals surface area contributed by atoms with Gasteiger partial charge in [-0.15, -0.1) is 0 Å². The van der Waals surface area contributed by atoms with Crippen molar-refractivity contribution in [3.05, 3.63) is 52.5 Å². The van der Waals surface area contributed by atoms with Gasteiger partial charge >= 0.3 is 0 Å². The summed E-state index contributed by atoms with van der Waals surface area (Å²) >= 11 is 3.40. The molecule has 2 aromatic carbocycles. The fourth-order valence-corrected chi connectivity index (χ4v) is 6.74. The van der Waals surface area contributed by atoms with Gasteiger partial charge in [0.1, 0.15) is 10.6 Å². The number of likely N-dealkylation sites (tertiary alicyclic amines) is 1. The molecule has 0 spiro atoms. The highest BCUT2D eigenvalue weighted by Crippen LogP contribution is 2.46. The number of rotatable bonds is 4. The minimum atomic E-state index is -3.65.